The molecule has 4 heteroatoms. The number of benzene rings is 2. The molecule has 0 bridgehead atoms. The molecule has 1 amide bonds. The Labute approximate surface area is 159 Å². The van der Waals surface area contributed by atoms with Crippen LogP contribution in [-0.4, -0.2) is 10.9 Å². The number of hydrogen-bond acceptors (Lipinski definition) is 2. The van der Waals surface area contributed by atoms with Crippen LogP contribution in [0.3, 0.4) is 0 Å². The summed E-state index contributed by atoms with van der Waals surface area (Å²) in [4.78, 5) is 30.2. The monoisotopic (exact) mass is 362 g/mol. The summed E-state index contributed by atoms with van der Waals surface area (Å²) >= 11 is 0. The molecule has 27 heavy (non-hydrogen) atoms. The van der Waals surface area contributed by atoms with E-state index in [-0.39, 0.29) is 18.0 Å². The fraction of sp³-hybridized carbons (Fsp3) is 0.304. The first-order valence-electron chi connectivity index (χ1n) is 9.40. The average molecular weight is 362 g/mol. The Morgan fingerprint density at radius 3 is 2.59 bits per heavy atom. The highest BCUT2D eigenvalue weighted by molar-refractivity contribution is 5.94. The minimum absolute atomic E-state index is 0.0370. The van der Waals surface area contributed by atoms with Gasteiger partial charge in [-0.1, -0.05) is 30.7 Å². The molecule has 1 heterocycles. The molecule has 0 atom stereocenters. The van der Waals surface area contributed by atoms with Gasteiger partial charge in [0, 0.05) is 23.2 Å². The number of fused-ring (bicyclic) bond motifs is 1. The van der Waals surface area contributed by atoms with Crippen molar-refractivity contribution < 1.29 is 4.79 Å². The number of amides is 1. The van der Waals surface area contributed by atoms with Crippen molar-refractivity contribution in [3.63, 3.8) is 0 Å². The van der Waals surface area contributed by atoms with E-state index in [0.29, 0.717) is 12.0 Å². The van der Waals surface area contributed by atoms with Crippen LogP contribution < -0.4 is 10.5 Å². The first-order valence-corrected chi connectivity index (χ1v) is 9.40. The number of pyridine rings is 1. The van der Waals surface area contributed by atoms with Crippen molar-refractivity contribution in [1.82, 2.24) is 4.98 Å². The maximum absolute atomic E-state index is 12.9. The van der Waals surface area contributed by atoms with Crippen molar-refractivity contribution in [1.29, 1.82) is 0 Å². The third kappa shape index (κ3) is 3.95. The lowest BCUT2D eigenvalue weighted by atomic mass is 10.1. The number of hydrogen-bond donors (Lipinski definition) is 1. The summed E-state index contributed by atoms with van der Waals surface area (Å²) in [6.45, 7) is 8.34. The number of H-pyrrole nitrogens is 1. The summed E-state index contributed by atoms with van der Waals surface area (Å²) in [5, 5.41) is 0.980. The quantitative estimate of drug-likeness (QED) is 0.710. The number of nitrogens with zero attached hydrogens (tertiary/aromatic N) is 1. The highest BCUT2D eigenvalue weighted by atomic mass is 16.2. The molecule has 0 radical (unpaired) electrons. The molecule has 0 saturated carbocycles. The van der Waals surface area contributed by atoms with Gasteiger partial charge in [-0.05, 0) is 68.0 Å². The minimum atomic E-state index is -0.147. The van der Waals surface area contributed by atoms with E-state index in [0.717, 1.165) is 39.7 Å². The lowest BCUT2D eigenvalue weighted by Crippen LogP contribution is -2.33. The molecule has 0 aliphatic carbocycles. The summed E-state index contributed by atoms with van der Waals surface area (Å²) in [5.74, 6) is 0.0370. The maximum Gasteiger partial charge on any atom is 0.253 e. The minimum Gasteiger partial charge on any atom is -0.322 e. The van der Waals surface area contributed by atoms with Crippen LogP contribution in [0.15, 0.2) is 47.3 Å². The van der Waals surface area contributed by atoms with Gasteiger partial charge >= 0.3 is 0 Å². The normalized spacial score (nSPS) is 11.0. The van der Waals surface area contributed by atoms with Crippen LogP contribution in [0.2, 0.25) is 0 Å². The van der Waals surface area contributed by atoms with Crippen LogP contribution in [0.5, 0.6) is 0 Å². The Hall–Kier alpha value is -2.88. The van der Waals surface area contributed by atoms with Gasteiger partial charge in [0.05, 0.1) is 6.54 Å². The molecule has 4 nitrogen and oxygen atoms in total. The maximum atomic E-state index is 12.9. The average Bonchev–Trinajstić information content (AvgIpc) is 2.63. The van der Waals surface area contributed by atoms with Crippen LogP contribution in [-0.2, 0) is 11.3 Å². The van der Waals surface area contributed by atoms with E-state index >= 15 is 0 Å². The number of nitrogens with one attached hydrogen (secondary N) is 1. The van der Waals surface area contributed by atoms with E-state index in [2.05, 4.69) is 4.98 Å². The van der Waals surface area contributed by atoms with Crippen molar-refractivity contribution in [3.05, 3.63) is 75.1 Å². The van der Waals surface area contributed by atoms with Crippen LogP contribution in [0.4, 0.5) is 5.69 Å². The lowest BCUT2D eigenvalue weighted by molar-refractivity contribution is -0.118. The first kappa shape index (κ1) is 18.9. The number of aryl methyl sites for hydroxylation is 2. The Morgan fingerprint density at radius 1 is 1.07 bits per heavy atom. The molecule has 3 rings (SSSR count). The summed E-state index contributed by atoms with van der Waals surface area (Å²) in [7, 11) is 0. The molecule has 0 fully saturated rings. The second-order valence-electron chi connectivity index (χ2n) is 7.16. The summed E-state index contributed by atoms with van der Waals surface area (Å²) < 4.78 is 0. The van der Waals surface area contributed by atoms with Gasteiger partial charge < -0.3 is 9.88 Å². The zero-order valence-corrected chi connectivity index (χ0v) is 16.4. The van der Waals surface area contributed by atoms with Crippen molar-refractivity contribution in [2.24, 2.45) is 0 Å². The number of anilines is 1. The second kappa shape index (κ2) is 7.78. The summed E-state index contributed by atoms with van der Waals surface area (Å²) in [5.41, 5.74) is 5.46. The van der Waals surface area contributed by atoms with E-state index in [1.165, 1.54) is 0 Å². The van der Waals surface area contributed by atoms with E-state index in [1.807, 2.05) is 70.2 Å². The zero-order chi connectivity index (χ0) is 19.6. The molecule has 0 unspecified atom stereocenters. The van der Waals surface area contributed by atoms with Crippen molar-refractivity contribution >= 4 is 22.5 Å². The number of carbonyl (C=O) groups excluding carboxylic acids is 1. The predicted octanol–water partition coefficient (Wildman–Crippen LogP) is 4.79. The van der Waals surface area contributed by atoms with Crippen LogP contribution in [0.1, 0.15) is 42.0 Å². The second-order valence-corrected chi connectivity index (χ2v) is 7.16. The molecular formula is C23H26N2O2. The molecule has 3 aromatic rings. The third-order valence-corrected chi connectivity index (χ3v) is 5.04. The molecule has 1 aromatic heterocycles. The fourth-order valence-electron chi connectivity index (χ4n) is 3.34. The number of carbonyl (C=O) groups is 1. The van der Waals surface area contributed by atoms with Gasteiger partial charge in [0.2, 0.25) is 5.91 Å². The lowest BCUT2D eigenvalue weighted by Gasteiger charge is -2.25. The topological polar surface area (TPSA) is 53.2 Å². The smallest absolute Gasteiger partial charge is 0.253 e. The van der Waals surface area contributed by atoms with Crippen molar-refractivity contribution in [2.75, 3.05) is 4.90 Å². The van der Waals surface area contributed by atoms with Gasteiger partial charge in [0.15, 0.2) is 0 Å². The fourth-order valence-corrected chi connectivity index (χ4v) is 3.34. The Bertz CT molecular complexity index is 1050. The van der Waals surface area contributed by atoms with Gasteiger partial charge in [-0.25, -0.2) is 0 Å². The van der Waals surface area contributed by atoms with E-state index in [4.69, 9.17) is 0 Å². The van der Waals surface area contributed by atoms with Gasteiger partial charge in [0.25, 0.3) is 5.56 Å². The number of aromatic nitrogens is 1. The van der Waals surface area contributed by atoms with Gasteiger partial charge in [-0.2, -0.15) is 0 Å². The van der Waals surface area contributed by atoms with Gasteiger partial charge in [-0.15, -0.1) is 0 Å². The SMILES string of the molecule is CCCC(=O)N(Cc1cc2cc(C)ccc2[nH]c1=O)c1cccc(C)c1C. The highest BCUT2D eigenvalue weighted by Gasteiger charge is 2.19. The van der Waals surface area contributed by atoms with Gasteiger partial charge in [-0.3, -0.25) is 9.59 Å². The Kier molecular flexibility index (Phi) is 5.45. The van der Waals surface area contributed by atoms with Crippen molar-refractivity contribution in [2.45, 2.75) is 47.1 Å². The largest absolute Gasteiger partial charge is 0.322 e. The molecular weight excluding hydrogens is 336 g/mol. The Morgan fingerprint density at radius 2 is 1.85 bits per heavy atom. The third-order valence-electron chi connectivity index (χ3n) is 5.04. The first-order chi connectivity index (χ1) is 12.9. The van der Waals surface area contributed by atoms with Crippen molar-refractivity contribution in [3.8, 4) is 0 Å². The number of aromatic amines is 1. The molecule has 0 aliphatic heterocycles. The molecule has 0 saturated heterocycles. The molecule has 2 aromatic carbocycles. The summed E-state index contributed by atoms with van der Waals surface area (Å²) in [6, 6.07) is 13.8. The van der Waals surface area contributed by atoms with E-state index < -0.39 is 0 Å². The molecule has 140 valence electrons. The van der Waals surface area contributed by atoms with Gasteiger partial charge in [0.1, 0.15) is 0 Å². The Balaban J connectivity index is 2.08. The standard InChI is InChI=1S/C23H26N2O2/c1-5-7-22(26)25(21-9-6-8-16(3)17(21)4)14-19-13-18-12-15(2)10-11-20(18)24-23(19)27/h6,8-13H,5,7,14H2,1-4H3,(H,24,27). The predicted molar refractivity (Wildman–Crippen MR) is 111 cm³/mol. The molecule has 0 aliphatic rings. The van der Waals surface area contributed by atoms with E-state index in [9.17, 15) is 9.59 Å². The highest BCUT2D eigenvalue weighted by Crippen LogP contribution is 2.25. The van der Waals surface area contributed by atoms with Crippen LogP contribution >= 0.6 is 0 Å². The van der Waals surface area contributed by atoms with Crippen LogP contribution in [0.25, 0.3) is 10.9 Å². The van der Waals surface area contributed by atoms with E-state index in [1.54, 1.807) is 4.90 Å². The van der Waals surface area contributed by atoms with Crippen LogP contribution in [0, 0.1) is 20.8 Å². The molecule has 1 N–H and O–H groups in total. The molecule has 0 spiro atoms. The number of rotatable bonds is 5. The summed E-state index contributed by atoms with van der Waals surface area (Å²) in [6.07, 6.45) is 1.23. The zero-order valence-electron chi connectivity index (χ0n) is 16.4.